The number of carbonyl (C=O) groups excluding carboxylic acids is 1. The van der Waals surface area contributed by atoms with Crippen LogP contribution in [0.4, 0.5) is 0 Å². The van der Waals surface area contributed by atoms with Crippen molar-refractivity contribution < 1.29 is 9.90 Å². The minimum absolute atomic E-state index is 0.270. The van der Waals surface area contributed by atoms with Crippen molar-refractivity contribution in [2.45, 2.75) is 38.2 Å². The van der Waals surface area contributed by atoms with E-state index in [1.54, 1.807) is 0 Å². The Morgan fingerprint density at radius 3 is 2.20 bits per heavy atom. The lowest BCUT2D eigenvalue weighted by atomic mass is 9.79. The van der Waals surface area contributed by atoms with Gasteiger partial charge in [-0.3, -0.25) is 4.79 Å². The zero-order chi connectivity index (χ0) is 10.9. The van der Waals surface area contributed by atoms with Gasteiger partial charge in [0.05, 0.1) is 5.60 Å². The number of ketones is 1. The fourth-order valence-electron chi connectivity index (χ4n) is 2.09. The highest BCUT2D eigenvalue weighted by atomic mass is 16.3. The number of carbonyl (C=O) groups is 1. The van der Waals surface area contributed by atoms with E-state index >= 15 is 0 Å². The van der Waals surface area contributed by atoms with Gasteiger partial charge in [-0.25, -0.2) is 0 Å². The van der Waals surface area contributed by atoms with Crippen LogP contribution in [-0.2, 0) is 10.4 Å². The van der Waals surface area contributed by atoms with E-state index in [9.17, 15) is 9.90 Å². The second-order valence-electron chi connectivity index (χ2n) is 4.44. The van der Waals surface area contributed by atoms with E-state index < -0.39 is 5.60 Å². The van der Waals surface area contributed by atoms with E-state index in [2.05, 4.69) is 0 Å². The van der Waals surface area contributed by atoms with E-state index in [0.29, 0.717) is 25.7 Å². The summed E-state index contributed by atoms with van der Waals surface area (Å²) in [6.07, 6.45) is 2.14. The molecule has 1 fully saturated rings. The van der Waals surface area contributed by atoms with Crippen molar-refractivity contribution in [2.24, 2.45) is 0 Å². The Hall–Kier alpha value is -1.15. The molecule has 1 saturated carbocycles. The number of aryl methyl sites for hydroxylation is 1. The third-order valence-corrected chi connectivity index (χ3v) is 3.22. The Balaban J connectivity index is 2.22. The predicted molar refractivity (Wildman–Crippen MR) is 58.6 cm³/mol. The van der Waals surface area contributed by atoms with Crippen LogP contribution in [0.1, 0.15) is 36.8 Å². The Morgan fingerprint density at radius 2 is 1.67 bits per heavy atom. The van der Waals surface area contributed by atoms with Gasteiger partial charge in [-0.2, -0.15) is 0 Å². The van der Waals surface area contributed by atoms with Crippen molar-refractivity contribution >= 4 is 5.78 Å². The molecule has 15 heavy (non-hydrogen) atoms. The van der Waals surface area contributed by atoms with Crippen LogP contribution in [0.2, 0.25) is 0 Å². The van der Waals surface area contributed by atoms with Crippen LogP contribution in [-0.4, -0.2) is 10.9 Å². The second kappa shape index (κ2) is 3.78. The molecule has 0 bridgehead atoms. The molecule has 0 heterocycles. The highest BCUT2D eigenvalue weighted by molar-refractivity contribution is 5.79. The molecule has 0 atom stereocenters. The number of rotatable bonds is 1. The molecule has 1 aliphatic carbocycles. The molecule has 0 aliphatic heterocycles. The maximum Gasteiger partial charge on any atom is 0.133 e. The fourth-order valence-corrected chi connectivity index (χ4v) is 2.09. The Bertz CT molecular complexity index is 355. The van der Waals surface area contributed by atoms with E-state index in [4.69, 9.17) is 0 Å². The molecule has 0 amide bonds. The minimum atomic E-state index is -0.776. The van der Waals surface area contributed by atoms with Gasteiger partial charge in [0.1, 0.15) is 5.78 Å². The number of Topliss-reactive ketones (excluding diaryl/α,β-unsaturated/α-hetero) is 1. The molecule has 2 heteroatoms. The fraction of sp³-hybridized carbons (Fsp3) is 0.462. The maximum atomic E-state index is 11.1. The van der Waals surface area contributed by atoms with Gasteiger partial charge in [0.2, 0.25) is 0 Å². The molecule has 1 aliphatic rings. The van der Waals surface area contributed by atoms with E-state index in [1.165, 1.54) is 5.56 Å². The standard InChI is InChI=1S/C13H16O2/c1-10-2-4-11(5-3-10)13(15)8-6-12(14)7-9-13/h2-5,15H,6-9H2,1H3. The lowest BCUT2D eigenvalue weighted by Crippen LogP contribution is -2.31. The van der Waals surface area contributed by atoms with Crippen molar-refractivity contribution in [1.82, 2.24) is 0 Å². The molecule has 80 valence electrons. The molecule has 2 nitrogen and oxygen atoms in total. The zero-order valence-corrected chi connectivity index (χ0v) is 8.99. The van der Waals surface area contributed by atoms with Crippen molar-refractivity contribution in [3.63, 3.8) is 0 Å². The van der Waals surface area contributed by atoms with Gasteiger partial charge in [0.15, 0.2) is 0 Å². The van der Waals surface area contributed by atoms with Crippen LogP contribution < -0.4 is 0 Å². The van der Waals surface area contributed by atoms with Crippen LogP contribution in [0.3, 0.4) is 0 Å². The molecule has 1 N–H and O–H groups in total. The molecule has 1 aromatic rings. The van der Waals surface area contributed by atoms with E-state index in [-0.39, 0.29) is 5.78 Å². The average molecular weight is 204 g/mol. The summed E-state index contributed by atoms with van der Waals surface area (Å²) in [5.41, 5.74) is 1.36. The summed E-state index contributed by atoms with van der Waals surface area (Å²) in [7, 11) is 0. The largest absolute Gasteiger partial charge is 0.385 e. The number of hydrogen-bond donors (Lipinski definition) is 1. The lowest BCUT2D eigenvalue weighted by molar-refractivity contribution is -0.125. The van der Waals surface area contributed by atoms with Crippen LogP contribution in [0, 0.1) is 6.92 Å². The molecule has 0 aromatic heterocycles. The maximum absolute atomic E-state index is 11.1. The van der Waals surface area contributed by atoms with Crippen molar-refractivity contribution in [3.05, 3.63) is 35.4 Å². The van der Waals surface area contributed by atoms with E-state index in [1.807, 2.05) is 31.2 Å². The number of hydrogen-bond acceptors (Lipinski definition) is 2. The van der Waals surface area contributed by atoms with Gasteiger partial charge >= 0.3 is 0 Å². The summed E-state index contributed by atoms with van der Waals surface area (Å²) in [5, 5.41) is 10.4. The SMILES string of the molecule is Cc1ccc(C2(O)CCC(=O)CC2)cc1. The summed E-state index contributed by atoms with van der Waals surface area (Å²) in [6, 6.07) is 7.93. The third kappa shape index (κ3) is 2.10. The van der Waals surface area contributed by atoms with E-state index in [0.717, 1.165) is 5.56 Å². The molecule has 0 saturated heterocycles. The van der Waals surface area contributed by atoms with Gasteiger partial charge in [-0.15, -0.1) is 0 Å². The summed E-state index contributed by atoms with van der Waals surface area (Å²) < 4.78 is 0. The summed E-state index contributed by atoms with van der Waals surface area (Å²) in [6.45, 7) is 2.03. The first-order valence-corrected chi connectivity index (χ1v) is 5.41. The molecule has 0 spiro atoms. The summed E-state index contributed by atoms with van der Waals surface area (Å²) in [5.74, 6) is 0.270. The van der Waals surface area contributed by atoms with Crippen molar-refractivity contribution in [3.8, 4) is 0 Å². The van der Waals surface area contributed by atoms with Crippen LogP contribution >= 0.6 is 0 Å². The number of aliphatic hydroxyl groups is 1. The van der Waals surface area contributed by atoms with Gasteiger partial charge in [0, 0.05) is 12.8 Å². The van der Waals surface area contributed by atoms with Gasteiger partial charge in [0.25, 0.3) is 0 Å². The average Bonchev–Trinajstić information content (AvgIpc) is 2.24. The highest BCUT2D eigenvalue weighted by Gasteiger charge is 2.33. The summed E-state index contributed by atoms with van der Waals surface area (Å²) in [4.78, 5) is 11.1. The minimum Gasteiger partial charge on any atom is -0.385 e. The molecule has 0 radical (unpaired) electrons. The van der Waals surface area contributed by atoms with Gasteiger partial charge < -0.3 is 5.11 Å². The topological polar surface area (TPSA) is 37.3 Å². The van der Waals surface area contributed by atoms with Crippen LogP contribution in [0.25, 0.3) is 0 Å². The van der Waals surface area contributed by atoms with Crippen molar-refractivity contribution in [1.29, 1.82) is 0 Å². The Morgan fingerprint density at radius 1 is 1.13 bits per heavy atom. The van der Waals surface area contributed by atoms with Crippen LogP contribution in [0.5, 0.6) is 0 Å². The van der Waals surface area contributed by atoms with Crippen LogP contribution in [0.15, 0.2) is 24.3 Å². The molecule has 2 rings (SSSR count). The lowest BCUT2D eigenvalue weighted by Gasteiger charge is -2.32. The van der Waals surface area contributed by atoms with Gasteiger partial charge in [-0.05, 0) is 25.3 Å². The third-order valence-electron chi connectivity index (χ3n) is 3.22. The molecule has 1 aromatic carbocycles. The zero-order valence-electron chi connectivity index (χ0n) is 8.99. The monoisotopic (exact) mass is 204 g/mol. The number of benzene rings is 1. The Labute approximate surface area is 89.9 Å². The van der Waals surface area contributed by atoms with Gasteiger partial charge in [-0.1, -0.05) is 29.8 Å². The first-order valence-electron chi connectivity index (χ1n) is 5.41. The first kappa shape index (κ1) is 10.4. The highest BCUT2D eigenvalue weighted by Crippen LogP contribution is 2.35. The molecular formula is C13H16O2. The Kier molecular flexibility index (Phi) is 2.61. The van der Waals surface area contributed by atoms with Crippen molar-refractivity contribution in [2.75, 3.05) is 0 Å². The smallest absolute Gasteiger partial charge is 0.133 e. The quantitative estimate of drug-likeness (QED) is 0.762. The summed E-state index contributed by atoms with van der Waals surface area (Å²) >= 11 is 0. The predicted octanol–water partition coefficient (Wildman–Crippen LogP) is 2.33. The first-order chi connectivity index (χ1) is 7.10. The normalized spacial score (nSPS) is 20.3. The molecule has 0 unspecified atom stereocenters. The molecular weight excluding hydrogens is 188 g/mol. The second-order valence-corrected chi connectivity index (χ2v) is 4.44.